The summed E-state index contributed by atoms with van der Waals surface area (Å²) < 4.78 is 12.9. The molecule has 0 radical (unpaired) electrons. The molecule has 2 aromatic rings. The predicted molar refractivity (Wildman–Crippen MR) is 92.0 cm³/mol. The molecule has 1 aliphatic heterocycles. The Hall–Kier alpha value is -2.28. The van der Waals surface area contributed by atoms with Gasteiger partial charge in [0.15, 0.2) is 0 Å². The van der Waals surface area contributed by atoms with E-state index in [9.17, 15) is 14.0 Å². The molecule has 0 aliphatic carbocycles. The third kappa shape index (κ3) is 4.63. The van der Waals surface area contributed by atoms with Gasteiger partial charge in [-0.25, -0.2) is 9.37 Å². The van der Waals surface area contributed by atoms with Gasteiger partial charge < -0.3 is 10.0 Å². The molecule has 5 nitrogen and oxygen atoms in total. The van der Waals surface area contributed by atoms with E-state index in [2.05, 4.69) is 4.98 Å². The number of rotatable bonds is 5. The minimum Gasteiger partial charge on any atom is -0.481 e. The normalized spacial score (nSPS) is 17.5. The predicted octanol–water partition coefficient (Wildman–Crippen LogP) is 2.74. The van der Waals surface area contributed by atoms with E-state index in [0.717, 1.165) is 17.0 Å². The number of likely N-dealkylation sites (tertiary alicyclic amines) is 1. The fourth-order valence-corrected chi connectivity index (χ4v) is 3.79. The van der Waals surface area contributed by atoms with E-state index >= 15 is 0 Å². The van der Waals surface area contributed by atoms with Crippen LogP contribution >= 0.6 is 11.3 Å². The van der Waals surface area contributed by atoms with Gasteiger partial charge >= 0.3 is 5.97 Å². The van der Waals surface area contributed by atoms with Crippen molar-refractivity contribution < 1.29 is 19.1 Å². The largest absolute Gasteiger partial charge is 0.481 e. The van der Waals surface area contributed by atoms with Gasteiger partial charge in [0, 0.05) is 24.9 Å². The number of carboxylic acid groups (broad SMARTS) is 1. The summed E-state index contributed by atoms with van der Waals surface area (Å²) >= 11 is 1.47. The van der Waals surface area contributed by atoms with E-state index < -0.39 is 11.9 Å². The Morgan fingerprint density at radius 1 is 1.32 bits per heavy atom. The molecule has 0 bridgehead atoms. The molecule has 132 valence electrons. The van der Waals surface area contributed by atoms with Crippen LogP contribution in [-0.2, 0) is 22.4 Å². The van der Waals surface area contributed by atoms with Crippen molar-refractivity contribution in [2.75, 3.05) is 13.1 Å². The number of amides is 1. The second kappa shape index (κ2) is 7.74. The number of hydrogen-bond donors (Lipinski definition) is 1. The fraction of sp³-hybridized carbons (Fsp3) is 0.389. The number of benzene rings is 1. The van der Waals surface area contributed by atoms with Crippen molar-refractivity contribution in [3.8, 4) is 0 Å². The monoisotopic (exact) mass is 362 g/mol. The summed E-state index contributed by atoms with van der Waals surface area (Å²) in [6, 6.07) is 6.29. The number of nitrogens with zero attached hydrogens (tertiary/aromatic N) is 2. The second-order valence-electron chi connectivity index (χ2n) is 6.23. The van der Waals surface area contributed by atoms with Crippen LogP contribution < -0.4 is 0 Å². The van der Waals surface area contributed by atoms with Crippen molar-refractivity contribution in [2.45, 2.75) is 25.7 Å². The molecule has 2 heterocycles. The molecule has 1 saturated heterocycles. The van der Waals surface area contributed by atoms with E-state index in [4.69, 9.17) is 5.11 Å². The molecular formula is C18H19FN2O3S. The van der Waals surface area contributed by atoms with Gasteiger partial charge in [-0.3, -0.25) is 9.59 Å². The van der Waals surface area contributed by atoms with Gasteiger partial charge in [0.25, 0.3) is 0 Å². The number of carbonyl (C=O) groups is 2. The molecule has 25 heavy (non-hydrogen) atoms. The van der Waals surface area contributed by atoms with Gasteiger partial charge in [-0.1, -0.05) is 12.1 Å². The van der Waals surface area contributed by atoms with Gasteiger partial charge in [-0.05, 0) is 30.5 Å². The van der Waals surface area contributed by atoms with Crippen molar-refractivity contribution in [1.29, 1.82) is 0 Å². The minimum absolute atomic E-state index is 0.0791. The van der Waals surface area contributed by atoms with Crippen molar-refractivity contribution in [3.05, 3.63) is 51.7 Å². The number of aliphatic carboxylic acids is 1. The molecule has 7 heteroatoms. The van der Waals surface area contributed by atoms with Crippen LogP contribution in [0.25, 0.3) is 0 Å². The van der Waals surface area contributed by atoms with Crippen LogP contribution in [-0.4, -0.2) is 40.0 Å². The summed E-state index contributed by atoms with van der Waals surface area (Å²) in [5.74, 6) is -1.66. The first-order valence-electron chi connectivity index (χ1n) is 8.19. The molecule has 1 atom stereocenters. The van der Waals surface area contributed by atoms with Crippen molar-refractivity contribution >= 4 is 23.2 Å². The van der Waals surface area contributed by atoms with Gasteiger partial charge in [0.1, 0.15) is 5.82 Å². The molecule has 0 spiro atoms. The Bertz CT molecular complexity index is 760. The highest BCUT2D eigenvalue weighted by molar-refractivity contribution is 7.09. The van der Waals surface area contributed by atoms with E-state index in [1.165, 1.54) is 23.5 Å². The Balaban J connectivity index is 1.58. The van der Waals surface area contributed by atoms with Gasteiger partial charge in [-0.15, -0.1) is 11.3 Å². The molecule has 3 rings (SSSR count). The molecule has 0 unspecified atom stereocenters. The smallest absolute Gasteiger partial charge is 0.308 e. The zero-order valence-corrected chi connectivity index (χ0v) is 14.5. The summed E-state index contributed by atoms with van der Waals surface area (Å²) in [4.78, 5) is 29.6. The Morgan fingerprint density at radius 2 is 2.08 bits per heavy atom. The van der Waals surface area contributed by atoms with Crippen LogP contribution in [0.2, 0.25) is 0 Å². The topological polar surface area (TPSA) is 70.5 Å². The SMILES string of the molecule is O=C(O)[C@H]1CCCN(C(=O)Cc2csc(Cc3ccc(F)cc3)n2)C1. The lowest BCUT2D eigenvalue weighted by molar-refractivity contribution is -0.145. The molecule has 1 aromatic heterocycles. The van der Waals surface area contributed by atoms with Crippen LogP contribution in [0, 0.1) is 11.7 Å². The van der Waals surface area contributed by atoms with Crippen LogP contribution in [0.3, 0.4) is 0 Å². The van der Waals surface area contributed by atoms with Gasteiger partial charge in [0.2, 0.25) is 5.91 Å². The summed E-state index contributed by atoms with van der Waals surface area (Å²) in [5, 5.41) is 11.8. The first-order valence-corrected chi connectivity index (χ1v) is 9.07. The Kier molecular flexibility index (Phi) is 5.43. The third-order valence-corrected chi connectivity index (χ3v) is 5.22. The Morgan fingerprint density at radius 3 is 2.80 bits per heavy atom. The molecule has 1 aliphatic rings. The van der Waals surface area contributed by atoms with E-state index in [1.807, 2.05) is 5.38 Å². The van der Waals surface area contributed by atoms with E-state index in [0.29, 0.717) is 25.1 Å². The minimum atomic E-state index is -0.840. The number of halogens is 1. The number of aromatic nitrogens is 1. The summed E-state index contributed by atoms with van der Waals surface area (Å²) in [6.07, 6.45) is 2.13. The quantitative estimate of drug-likeness (QED) is 0.888. The number of piperidine rings is 1. The lowest BCUT2D eigenvalue weighted by Crippen LogP contribution is -2.43. The average molecular weight is 362 g/mol. The van der Waals surface area contributed by atoms with Crippen LogP contribution in [0.4, 0.5) is 4.39 Å². The summed E-state index contributed by atoms with van der Waals surface area (Å²) in [5.41, 5.74) is 1.67. The molecular weight excluding hydrogens is 343 g/mol. The van der Waals surface area contributed by atoms with Crippen LogP contribution in [0.15, 0.2) is 29.6 Å². The lowest BCUT2D eigenvalue weighted by Gasteiger charge is -2.30. The maximum absolute atomic E-state index is 12.9. The summed E-state index contributed by atoms with van der Waals surface area (Å²) in [6.45, 7) is 0.885. The maximum atomic E-state index is 12.9. The zero-order valence-electron chi connectivity index (χ0n) is 13.7. The summed E-state index contributed by atoms with van der Waals surface area (Å²) in [7, 11) is 0. The van der Waals surface area contributed by atoms with E-state index in [-0.39, 0.29) is 24.7 Å². The van der Waals surface area contributed by atoms with Crippen LogP contribution in [0.5, 0.6) is 0 Å². The first-order chi connectivity index (χ1) is 12.0. The zero-order chi connectivity index (χ0) is 17.8. The maximum Gasteiger partial charge on any atom is 0.308 e. The van der Waals surface area contributed by atoms with Gasteiger partial charge in [-0.2, -0.15) is 0 Å². The number of hydrogen-bond acceptors (Lipinski definition) is 4. The number of thiazole rings is 1. The highest BCUT2D eigenvalue weighted by atomic mass is 32.1. The fourth-order valence-electron chi connectivity index (χ4n) is 2.96. The lowest BCUT2D eigenvalue weighted by atomic mass is 9.98. The molecule has 0 saturated carbocycles. The number of carbonyl (C=O) groups excluding carboxylic acids is 1. The molecule has 1 aromatic carbocycles. The van der Waals surface area contributed by atoms with Crippen molar-refractivity contribution in [2.24, 2.45) is 5.92 Å². The molecule has 1 N–H and O–H groups in total. The second-order valence-corrected chi connectivity index (χ2v) is 7.17. The standard InChI is InChI=1S/C18H19FN2O3S/c19-14-5-3-12(4-6-14)8-16-20-15(11-25-16)9-17(22)21-7-1-2-13(10-21)18(23)24/h3-6,11,13H,1-2,7-10H2,(H,23,24)/t13-/m0/s1. The highest BCUT2D eigenvalue weighted by Gasteiger charge is 2.28. The van der Waals surface area contributed by atoms with Crippen LogP contribution in [0.1, 0.15) is 29.1 Å². The van der Waals surface area contributed by atoms with Crippen molar-refractivity contribution in [3.63, 3.8) is 0 Å². The average Bonchev–Trinajstić information content (AvgIpc) is 3.04. The Labute approximate surface area is 149 Å². The van der Waals surface area contributed by atoms with Crippen molar-refractivity contribution in [1.82, 2.24) is 9.88 Å². The molecule has 1 fully saturated rings. The highest BCUT2D eigenvalue weighted by Crippen LogP contribution is 2.19. The van der Waals surface area contributed by atoms with E-state index in [1.54, 1.807) is 17.0 Å². The third-order valence-electron chi connectivity index (χ3n) is 4.32. The first kappa shape index (κ1) is 17.5. The van der Waals surface area contributed by atoms with Gasteiger partial charge in [0.05, 0.1) is 23.0 Å². The molecule has 1 amide bonds. The number of carboxylic acids is 1.